The molecule has 1 amide bonds. The van der Waals surface area contributed by atoms with Crippen LogP contribution in [0.1, 0.15) is 42.4 Å². The van der Waals surface area contributed by atoms with Gasteiger partial charge in [0.15, 0.2) is 0 Å². The van der Waals surface area contributed by atoms with Crippen molar-refractivity contribution in [3.8, 4) is 17.2 Å². The maximum atomic E-state index is 12.7. The molecule has 2 aliphatic heterocycles. The van der Waals surface area contributed by atoms with E-state index in [4.69, 9.17) is 13.9 Å². The first-order valence-electron chi connectivity index (χ1n) is 10.9. The first kappa shape index (κ1) is 20.9. The van der Waals surface area contributed by atoms with Gasteiger partial charge in [0.2, 0.25) is 11.7 Å². The standard InChI is InChI=1S/C23H31N3O4/c1-17-5-3-10-25(17)11-4-14-29-20-8-6-19(7-9-20)22-24-18(2)21(30-22)23(27)26-12-15-28-16-13-26/h6-9,17H,3-5,10-16H2,1-2H3/t17-/m1/s1. The lowest BCUT2D eigenvalue weighted by atomic mass is 10.2. The molecule has 0 radical (unpaired) electrons. The van der Waals surface area contributed by atoms with Crippen molar-refractivity contribution in [1.29, 1.82) is 0 Å². The second-order valence-electron chi connectivity index (χ2n) is 8.09. The summed E-state index contributed by atoms with van der Waals surface area (Å²) >= 11 is 0. The molecule has 3 heterocycles. The summed E-state index contributed by atoms with van der Waals surface area (Å²) in [7, 11) is 0. The number of benzene rings is 1. The number of morpholine rings is 1. The third-order valence-electron chi connectivity index (χ3n) is 5.94. The van der Waals surface area contributed by atoms with Gasteiger partial charge in [0, 0.05) is 31.2 Å². The molecule has 0 saturated carbocycles. The van der Waals surface area contributed by atoms with E-state index in [1.54, 1.807) is 11.8 Å². The highest BCUT2D eigenvalue weighted by molar-refractivity contribution is 5.93. The van der Waals surface area contributed by atoms with E-state index in [1.807, 2.05) is 24.3 Å². The van der Waals surface area contributed by atoms with Crippen LogP contribution in [0.4, 0.5) is 0 Å². The Bertz CT molecular complexity index is 843. The van der Waals surface area contributed by atoms with Crippen molar-refractivity contribution in [2.24, 2.45) is 0 Å². The van der Waals surface area contributed by atoms with Gasteiger partial charge in [-0.15, -0.1) is 0 Å². The van der Waals surface area contributed by atoms with Crippen LogP contribution in [0.2, 0.25) is 0 Å². The zero-order chi connectivity index (χ0) is 20.9. The summed E-state index contributed by atoms with van der Waals surface area (Å²) in [6.07, 6.45) is 3.64. The summed E-state index contributed by atoms with van der Waals surface area (Å²) < 4.78 is 17.0. The molecule has 2 aliphatic rings. The van der Waals surface area contributed by atoms with Crippen molar-refractivity contribution in [2.45, 2.75) is 39.2 Å². The number of hydrogen-bond acceptors (Lipinski definition) is 6. The van der Waals surface area contributed by atoms with Crippen LogP contribution in [-0.4, -0.2) is 72.7 Å². The third kappa shape index (κ3) is 4.84. The average molecular weight is 414 g/mol. The summed E-state index contributed by atoms with van der Waals surface area (Å²) in [6.45, 7) is 9.40. The molecule has 1 atom stereocenters. The third-order valence-corrected chi connectivity index (χ3v) is 5.94. The molecular formula is C23H31N3O4. The lowest BCUT2D eigenvalue weighted by Crippen LogP contribution is -2.40. The summed E-state index contributed by atoms with van der Waals surface area (Å²) in [5.74, 6) is 1.48. The minimum atomic E-state index is -0.123. The van der Waals surface area contributed by atoms with Gasteiger partial charge in [-0.25, -0.2) is 4.98 Å². The highest BCUT2D eigenvalue weighted by Crippen LogP contribution is 2.25. The first-order chi connectivity index (χ1) is 14.6. The molecule has 0 unspecified atom stereocenters. The Morgan fingerprint density at radius 1 is 1.20 bits per heavy atom. The zero-order valence-electron chi connectivity index (χ0n) is 17.9. The molecule has 2 saturated heterocycles. The fourth-order valence-corrected chi connectivity index (χ4v) is 4.10. The number of nitrogens with zero attached hydrogens (tertiary/aromatic N) is 3. The van der Waals surface area contributed by atoms with Crippen LogP contribution in [0.3, 0.4) is 0 Å². The Morgan fingerprint density at radius 2 is 1.97 bits per heavy atom. The Morgan fingerprint density at radius 3 is 2.67 bits per heavy atom. The minimum absolute atomic E-state index is 0.123. The van der Waals surface area contributed by atoms with Gasteiger partial charge in [-0.2, -0.15) is 0 Å². The van der Waals surface area contributed by atoms with Gasteiger partial charge in [-0.1, -0.05) is 0 Å². The quantitative estimate of drug-likeness (QED) is 0.649. The molecule has 7 heteroatoms. The number of amides is 1. The average Bonchev–Trinajstić information content (AvgIpc) is 3.37. The van der Waals surface area contributed by atoms with Crippen LogP contribution in [0.25, 0.3) is 11.5 Å². The molecule has 30 heavy (non-hydrogen) atoms. The van der Waals surface area contributed by atoms with Gasteiger partial charge < -0.3 is 23.7 Å². The molecule has 0 N–H and O–H groups in total. The maximum Gasteiger partial charge on any atom is 0.291 e. The van der Waals surface area contributed by atoms with E-state index < -0.39 is 0 Å². The lowest BCUT2D eigenvalue weighted by Gasteiger charge is -2.25. The number of carbonyl (C=O) groups excluding carboxylic acids is 1. The molecule has 0 spiro atoms. The molecule has 2 fully saturated rings. The fourth-order valence-electron chi connectivity index (χ4n) is 4.10. The van der Waals surface area contributed by atoms with Gasteiger partial charge in [-0.3, -0.25) is 4.79 Å². The van der Waals surface area contributed by atoms with Crippen molar-refractivity contribution in [2.75, 3.05) is 46.0 Å². The van der Waals surface area contributed by atoms with E-state index in [1.165, 1.54) is 19.4 Å². The van der Waals surface area contributed by atoms with Crippen LogP contribution < -0.4 is 4.74 Å². The molecule has 1 aromatic heterocycles. The second-order valence-corrected chi connectivity index (χ2v) is 8.09. The van der Waals surface area contributed by atoms with Crippen LogP contribution >= 0.6 is 0 Å². The van der Waals surface area contributed by atoms with E-state index in [0.29, 0.717) is 56.3 Å². The van der Waals surface area contributed by atoms with E-state index in [9.17, 15) is 4.79 Å². The number of aromatic nitrogens is 1. The second kappa shape index (κ2) is 9.62. The van der Waals surface area contributed by atoms with E-state index in [2.05, 4.69) is 16.8 Å². The molecule has 0 bridgehead atoms. The van der Waals surface area contributed by atoms with Gasteiger partial charge in [-0.05, 0) is 63.9 Å². The van der Waals surface area contributed by atoms with Crippen molar-refractivity contribution in [3.05, 3.63) is 35.7 Å². The van der Waals surface area contributed by atoms with E-state index >= 15 is 0 Å². The summed E-state index contributed by atoms with van der Waals surface area (Å²) in [4.78, 5) is 21.4. The highest BCUT2D eigenvalue weighted by Gasteiger charge is 2.25. The normalized spacial score (nSPS) is 19.9. The number of ether oxygens (including phenoxy) is 2. The Hall–Kier alpha value is -2.38. The maximum absolute atomic E-state index is 12.7. The highest BCUT2D eigenvalue weighted by atomic mass is 16.5. The zero-order valence-corrected chi connectivity index (χ0v) is 17.9. The minimum Gasteiger partial charge on any atom is -0.494 e. The molecule has 162 valence electrons. The summed E-state index contributed by atoms with van der Waals surface area (Å²) in [5, 5.41) is 0. The Balaban J connectivity index is 1.32. The SMILES string of the molecule is Cc1nc(-c2ccc(OCCCN3CCC[C@H]3C)cc2)oc1C(=O)N1CCOCC1. The predicted octanol–water partition coefficient (Wildman–Crippen LogP) is 3.38. The topological polar surface area (TPSA) is 68.0 Å². The number of carbonyl (C=O) groups is 1. The molecule has 0 aliphatic carbocycles. The summed E-state index contributed by atoms with van der Waals surface area (Å²) in [6, 6.07) is 8.40. The first-order valence-corrected chi connectivity index (χ1v) is 10.9. The van der Waals surface area contributed by atoms with Gasteiger partial charge in [0.1, 0.15) is 5.75 Å². The monoisotopic (exact) mass is 413 g/mol. The summed E-state index contributed by atoms with van der Waals surface area (Å²) in [5.41, 5.74) is 1.44. The molecule has 1 aromatic carbocycles. The van der Waals surface area contributed by atoms with E-state index in [0.717, 1.165) is 24.3 Å². The van der Waals surface area contributed by atoms with Crippen molar-refractivity contribution in [1.82, 2.24) is 14.8 Å². The van der Waals surface area contributed by atoms with Crippen molar-refractivity contribution < 1.29 is 18.7 Å². The Labute approximate surface area is 178 Å². The number of oxazole rings is 1. The van der Waals surface area contributed by atoms with Gasteiger partial charge >= 0.3 is 0 Å². The van der Waals surface area contributed by atoms with E-state index in [-0.39, 0.29) is 5.91 Å². The predicted molar refractivity (Wildman–Crippen MR) is 114 cm³/mol. The number of hydrogen-bond donors (Lipinski definition) is 0. The van der Waals surface area contributed by atoms with Gasteiger partial charge in [0.05, 0.1) is 25.5 Å². The lowest BCUT2D eigenvalue weighted by molar-refractivity contribution is 0.0282. The van der Waals surface area contributed by atoms with Crippen LogP contribution in [-0.2, 0) is 4.74 Å². The number of likely N-dealkylation sites (tertiary alicyclic amines) is 1. The molecule has 2 aromatic rings. The Kier molecular flexibility index (Phi) is 6.69. The number of rotatable bonds is 7. The van der Waals surface area contributed by atoms with Crippen molar-refractivity contribution in [3.63, 3.8) is 0 Å². The fraction of sp³-hybridized carbons (Fsp3) is 0.565. The molecule has 4 rings (SSSR count). The van der Waals surface area contributed by atoms with Crippen LogP contribution in [0.5, 0.6) is 5.75 Å². The van der Waals surface area contributed by atoms with Crippen LogP contribution in [0, 0.1) is 6.92 Å². The largest absolute Gasteiger partial charge is 0.494 e. The number of aryl methyl sites for hydroxylation is 1. The van der Waals surface area contributed by atoms with Gasteiger partial charge in [0.25, 0.3) is 5.91 Å². The molecular weight excluding hydrogens is 382 g/mol. The van der Waals surface area contributed by atoms with Crippen molar-refractivity contribution >= 4 is 5.91 Å². The smallest absolute Gasteiger partial charge is 0.291 e. The van der Waals surface area contributed by atoms with Crippen LogP contribution in [0.15, 0.2) is 28.7 Å². The molecule has 7 nitrogen and oxygen atoms in total.